The SMILES string of the molecule is CC(=O)O[C@H]1CC(C)(C)[C@@H]2CC=C3C=C(C(C)C)CC[C@@H]3[C@@]2(C)C1. The van der Waals surface area contributed by atoms with Crippen LogP contribution < -0.4 is 0 Å². The van der Waals surface area contributed by atoms with Crippen LogP contribution in [-0.2, 0) is 9.53 Å². The standard InChI is InChI=1S/C22H34O2/c1-14(2)16-7-9-19-17(11-16)8-10-20-21(4,5)12-18(24-15(3)23)13-22(19,20)6/h8,11,14,18-20H,7,9-10,12-13H2,1-6H3/t18-,19-,20-,22+/m0/s1. The van der Waals surface area contributed by atoms with E-state index in [1.807, 2.05) is 0 Å². The van der Waals surface area contributed by atoms with Gasteiger partial charge in [0.25, 0.3) is 0 Å². The van der Waals surface area contributed by atoms with Crippen LogP contribution in [-0.4, -0.2) is 12.1 Å². The van der Waals surface area contributed by atoms with Crippen molar-refractivity contribution in [2.45, 2.75) is 79.8 Å². The Balaban J connectivity index is 1.94. The molecule has 3 aliphatic rings. The zero-order valence-electron chi connectivity index (χ0n) is 16.3. The average molecular weight is 331 g/mol. The molecule has 0 amide bonds. The molecule has 1 saturated carbocycles. The number of carbonyl (C=O) groups excluding carboxylic acids is 1. The number of fused-ring (bicyclic) bond motifs is 3. The highest BCUT2D eigenvalue weighted by Crippen LogP contribution is 2.62. The fraction of sp³-hybridized carbons (Fsp3) is 0.773. The first-order valence-corrected chi connectivity index (χ1v) is 9.71. The molecule has 134 valence electrons. The van der Waals surface area contributed by atoms with Gasteiger partial charge >= 0.3 is 5.97 Å². The number of hydrogen-bond acceptors (Lipinski definition) is 2. The fourth-order valence-electron chi connectivity index (χ4n) is 6.10. The van der Waals surface area contributed by atoms with Crippen molar-refractivity contribution in [2.24, 2.45) is 28.6 Å². The molecule has 3 aliphatic carbocycles. The summed E-state index contributed by atoms with van der Waals surface area (Å²) in [4.78, 5) is 11.5. The minimum atomic E-state index is -0.130. The molecule has 0 bridgehead atoms. The largest absolute Gasteiger partial charge is 0.463 e. The van der Waals surface area contributed by atoms with Gasteiger partial charge in [0.05, 0.1) is 0 Å². The topological polar surface area (TPSA) is 26.3 Å². The number of allylic oxidation sites excluding steroid dienone is 4. The van der Waals surface area contributed by atoms with Crippen LogP contribution in [0.1, 0.15) is 73.6 Å². The summed E-state index contributed by atoms with van der Waals surface area (Å²) >= 11 is 0. The number of ether oxygens (including phenoxy) is 1. The van der Waals surface area contributed by atoms with E-state index in [0.29, 0.717) is 17.8 Å². The van der Waals surface area contributed by atoms with Gasteiger partial charge in [-0.05, 0) is 66.3 Å². The zero-order valence-corrected chi connectivity index (χ0v) is 16.3. The predicted molar refractivity (Wildman–Crippen MR) is 98.5 cm³/mol. The molecule has 0 spiro atoms. The number of esters is 1. The summed E-state index contributed by atoms with van der Waals surface area (Å²) in [7, 11) is 0. The molecular weight excluding hydrogens is 296 g/mol. The second-order valence-electron chi connectivity index (χ2n) is 9.59. The maximum absolute atomic E-state index is 11.5. The van der Waals surface area contributed by atoms with Crippen LogP contribution in [0.25, 0.3) is 0 Å². The highest BCUT2D eigenvalue weighted by molar-refractivity contribution is 5.66. The summed E-state index contributed by atoms with van der Waals surface area (Å²) in [6.07, 6.45) is 10.8. The maximum atomic E-state index is 11.5. The van der Waals surface area contributed by atoms with Crippen molar-refractivity contribution < 1.29 is 9.53 Å². The molecule has 0 aromatic rings. The molecule has 2 heteroatoms. The molecule has 4 atom stereocenters. The lowest BCUT2D eigenvalue weighted by molar-refractivity contribution is -0.161. The molecular formula is C22H34O2. The Kier molecular flexibility index (Phi) is 4.47. The average Bonchev–Trinajstić information content (AvgIpc) is 2.44. The molecule has 0 aliphatic heterocycles. The lowest BCUT2D eigenvalue weighted by Gasteiger charge is -2.59. The monoisotopic (exact) mass is 330 g/mol. The lowest BCUT2D eigenvalue weighted by Crippen LogP contribution is -2.53. The highest BCUT2D eigenvalue weighted by atomic mass is 16.5. The second-order valence-corrected chi connectivity index (χ2v) is 9.59. The van der Waals surface area contributed by atoms with Crippen LogP contribution in [0, 0.1) is 28.6 Å². The van der Waals surface area contributed by atoms with Gasteiger partial charge in [0.15, 0.2) is 0 Å². The van der Waals surface area contributed by atoms with E-state index < -0.39 is 0 Å². The molecule has 2 nitrogen and oxygen atoms in total. The summed E-state index contributed by atoms with van der Waals surface area (Å²) < 4.78 is 5.71. The van der Waals surface area contributed by atoms with Crippen LogP contribution in [0.5, 0.6) is 0 Å². The van der Waals surface area contributed by atoms with E-state index in [2.05, 4.69) is 46.8 Å². The maximum Gasteiger partial charge on any atom is 0.302 e. The summed E-state index contributed by atoms with van der Waals surface area (Å²) in [5, 5.41) is 0. The summed E-state index contributed by atoms with van der Waals surface area (Å²) in [6, 6.07) is 0. The van der Waals surface area contributed by atoms with Crippen LogP contribution in [0.2, 0.25) is 0 Å². The van der Waals surface area contributed by atoms with Crippen molar-refractivity contribution in [1.82, 2.24) is 0 Å². The van der Waals surface area contributed by atoms with Gasteiger partial charge < -0.3 is 4.74 Å². The van der Waals surface area contributed by atoms with E-state index in [1.54, 1.807) is 18.1 Å². The minimum Gasteiger partial charge on any atom is -0.463 e. The Morgan fingerprint density at radius 3 is 2.58 bits per heavy atom. The molecule has 0 radical (unpaired) electrons. The fourth-order valence-corrected chi connectivity index (χ4v) is 6.10. The van der Waals surface area contributed by atoms with E-state index in [-0.39, 0.29) is 22.9 Å². The van der Waals surface area contributed by atoms with Crippen LogP contribution in [0.4, 0.5) is 0 Å². The Bertz CT molecular complexity index is 581. The molecule has 0 aromatic heterocycles. The second kappa shape index (κ2) is 6.04. The molecule has 0 heterocycles. The van der Waals surface area contributed by atoms with Gasteiger partial charge in [0, 0.05) is 6.92 Å². The Labute approximate surface area is 147 Å². The molecule has 3 rings (SSSR count). The lowest BCUT2D eigenvalue weighted by atomic mass is 9.47. The van der Waals surface area contributed by atoms with Crippen molar-refractivity contribution in [3.8, 4) is 0 Å². The highest BCUT2D eigenvalue weighted by Gasteiger charge is 2.55. The summed E-state index contributed by atoms with van der Waals surface area (Å²) in [5.41, 5.74) is 3.62. The van der Waals surface area contributed by atoms with Crippen LogP contribution in [0.15, 0.2) is 23.3 Å². The first kappa shape index (κ1) is 17.8. The van der Waals surface area contributed by atoms with Gasteiger partial charge in [-0.25, -0.2) is 0 Å². The van der Waals surface area contributed by atoms with Crippen LogP contribution >= 0.6 is 0 Å². The molecule has 0 N–H and O–H groups in total. The normalized spacial score (nSPS) is 37.9. The molecule has 0 saturated heterocycles. The number of rotatable bonds is 2. The third-order valence-electron chi connectivity index (χ3n) is 7.10. The molecule has 0 aromatic carbocycles. The molecule has 1 fully saturated rings. The summed E-state index contributed by atoms with van der Waals surface area (Å²) in [6.45, 7) is 13.4. The van der Waals surface area contributed by atoms with Crippen molar-refractivity contribution in [2.75, 3.05) is 0 Å². The molecule has 24 heavy (non-hydrogen) atoms. The van der Waals surface area contributed by atoms with E-state index >= 15 is 0 Å². The van der Waals surface area contributed by atoms with Gasteiger partial charge in [-0.3, -0.25) is 4.79 Å². The van der Waals surface area contributed by atoms with E-state index in [4.69, 9.17) is 4.74 Å². The van der Waals surface area contributed by atoms with Crippen LogP contribution in [0.3, 0.4) is 0 Å². The van der Waals surface area contributed by atoms with Crippen molar-refractivity contribution in [3.63, 3.8) is 0 Å². The quantitative estimate of drug-likeness (QED) is 0.609. The van der Waals surface area contributed by atoms with Gasteiger partial charge in [0.2, 0.25) is 0 Å². The third kappa shape index (κ3) is 2.97. The van der Waals surface area contributed by atoms with Crippen molar-refractivity contribution in [1.29, 1.82) is 0 Å². The van der Waals surface area contributed by atoms with Gasteiger partial charge in [-0.2, -0.15) is 0 Å². The van der Waals surface area contributed by atoms with Gasteiger partial charge in [-0.15, -0.1) is 0 Å². The van der Waals surface area contributed by atoms with Gasteiger partial charge in [0.1, 0.15) is 6.10 Å². The zero-order chi connectivity index (χ0) is 17.7. The first-order chi connectivity index (χ1) is 11.1. The Hall–Kier alpha value is -1.05. The smallest absolute Gasteiger partial charge is 0.302 e. The first-order valence-electron chi connectivity index (χ1n) is 9.71. The molecule has 0 unspecified atom stereocenters. The number of hydrogen-bond donors (Lipinski definition) is 0. The van der Waals surface area contributed by atoms with E-state index in [9.17, 15) is 4.79 Å². The Morgan fingerprint density at radius 1 is 1.25 bits per heavy atom. The predicted octanol–water partition coefficient (Wildman–Crippen LogP) is 5.68. The van der Waals surface area contributed by atoms with E-state index in [1.165, 1.54) is 19.3 Å². The summed E-state index contributed by atoms with van der Waals surface area (Å²) in [5.74, 6) is 1.82. The minimum absolute atomic E-state index is 0.0774. The van der Waals surface area contributed by atoms with E-state index in [0.717, 1.165) is 12.8 Å². The Morgan fingerprint density at radius 2 is 1.96 bits per heavy atom. The van der Waals surface area contributed by atoms with Gasteiger partial charge in [-0.1, -0.05) is 52.3 Å². The number of carbonyl (C=O) groups is 1. The van der Waals surface area contributed by atoms with Crippen molar-refractivity contribution in [3.05, 3.63) is 23.3 Å². The third-order valence-corrected chi connectivity index (χ3v) is 7.10. The van der Waals surface area contributed by atoms with Crippen molar-refractivity contribution >= 4 is 5.97 Å².